The predicted octanol–water partition coefficient (Wildman–Crippen LogP) is 1.56. The lowest BCUT2D eigenvalue weighted by atomic mass is 10.1. The van der Waals surface area contributed by atoms with Gasteiger partial charge in [0.25, 0.3) is 0 Å². The average molecular weight is 304 g/mol. The molecule has 2 heterocycles. The Morgan fingerprint density at radius 2 is 2.24 bits per heavy atom. The van der Waals surface area contributed by atoms with Gasteiger partial charge in [-0.1, -0.05) is 22.9 Å². The van der Waals surface area contributed by atoms with E-state index in [1.165, 1.54) is 10.9 Å². The fourth-order valence-corrected chi connectivity index (χ4v) is 2.47. The van der Waals surface area contributed by atoms with Crippen LogP contribution in [0.25, 0.3) is 0 Å². The van der Waals surface area contributed by atoms with Crippen LogP contribution in [0.4, 0.5) is 5.69 Å². The zero-order valence-corrected chi connectivity index (χ0v) is 11.5. The first kappa shape index (κ1) is 13.4. The van der Waals surface area contributed by atoms with Gasteiger partial charge in [0, 0.05) is 13.1 Å². The number of aromatic nitrogens is 3. The number of halogens is 1. The molecule has 21 heavy (non-hydrogen) atoms. The van der Waals surface area contributed by atoms with Crippen LogP contribution in [0.15, 0.2) is 24.4 Å². The van der Waals surface area contributed by atoms with Gasteiger partial charge in [-0.3, -0.25) is 0 Å². The highest BCUT2D eigenvalue weighted by atomic mass is 35.5. The largest absolute Gasteiger partial charge is 0.476 e. The van der Waals surface area contributed by atoms with E-state index in [4.69, 9.17) is 22.0 Å². The van der Waals surface area contributed by atoms with Crippen LogP contribution >= 0.6 is 11.6 Å². The third kappa shape index (κ3) is 2.30. The van der Waals surface area contributed by atoms with E-state index in [0.717, 1.165) is 5.69 Å². The van der Waals surface area contributed by atoms with E-state index in [1.807, 2.05) is 11.0 Å². The number of nitrogens with zero attached hydrogens (tertiary/aromatic N) is 5. The van der Waals surface area contributed by atoms with Gasteiger partial charge in [0.15, 0.2) is 5.69 Å². The molecule has 0 amide bonds. The molecule has 1 aliphatic rings. The third-order valence-corrected chi connectivity index (χ3v) is 3.72. The van der Waals surface area contributed by atoms with Crippen molar-refractivity contribution < 1.29 is 9.90 Å². The molecular formula is C13H10ClN5O2. The van der Waals surface area contributed by atoms with Crippen LogP contribution in [-0.4, -0.2) is 39.2 Å². The fraction of sp³-hybridized carbons (Fsp3) is 0.231. The summed E-state index contributed by atoms with van der Waals surface area (Å²) >= 11 is 6.00. The highest BCUT2D eigenvalue weighted by molar-refractivity contribution is 6.32. The zero-order valence-electron chi connectivity index (χ0n) is 10.8. The highest BCUT2D eigenvalue weighted by Crippen LogP contribution is 2.33. The van der Waals surface area contributed by atoms with Crippen LogP contribution in [-0.2, 0) is 0 Å². The molecule has 1 aliphatic heterocycles. The van der Waals surface area contributed by atoms with Gasteiger partial charge in [-0.05, 0) is 12.1 Å². The maximum atomic E-state index is 10.8. The Balaban J connectivity index is 1.75. The number of nitriles is 1. The molecule has 0 bridgehead atoms. The van der Waals surface area contributed by atoms with Gasteiger partial charge < -0.3 is 10.0 Å². The maximum absolute atomic E-state index is 10.8. The number of hydrogen-bond acceptors (Lipinski definition) is 5. The van der Waals surface area contributed by atoms with Crippen LogP contribution in [0.5, 0.6) is 0 Å². The van der Waals surface area contributed by atoms with Crippen LogP contribution in [0, 0.1) is 11.3 Å². The van der Waals surface area contributed by atoms with Gasteiger partial charge in [-0.2, -0.15) is 5.26 Å². The summed E-state index contributed by atoms with van der Waals surface area (Å²) in [6.45, 7) is 1.24. The molecule has 1 fully saturated rings. The zero-order chi connectivity index (χ0) is 15.0. The summed E-state index contributed by atoms with van der Waals surface area (Å²) in [7, 11) is 0. The van der Waals surface area contributed by atoms with Crippen molar-refractivity contribution in [2.24, 2.45) is 0 Å². The molecule has 0 aliphatic carbocycles. The average Bonchev–Trinajstić information content (AvgIpc) is 2.87. The summed E-state index contributed by atoms with van der Waals surface area (Å²) in [5.41, 5.74) is 1.15. The summed E-state index contributed by atoms with van der Waals surface area (Å²) < 4.78 is 1.54. The summed E-state index contributed by atoms with van der Waals surface area (Å²) in [4.78, 5) is 12.8. The van der Waals surface area contributed by atoms with E-state index in [9.17, 15) is 4.79 Å². The number of anilines is 1. The molecule has 2 aromatic rings. The van der Waals surface area contributed by atoms with E-state index in [1.54, 1.807) is 12.1 Å². The molecule has 0 saturated carbocycles. The van der Waals surface area contributed by atoms with Gasteiger partial charge in [-0.15, -0.1) is 5.10 Å². The minimum absolute atomic E-state index is 0.0381. The topological polar surface area (TPSA) is 95.0 Å². The van der Waals surface area contributed by atoms with Gasteiger partial charge in [0.05, 0.1) is 28.5 Å². The number of carboxylic acids is 1. The van der Waals surface area contributed by atoms with Crippen molar-refractivity contribution in [2.75, 3.05) is 18.0 Å². The van der Waals surface area contributed by atoms with Crippen molar-refractivity contribution in [3.8, 4) is 6.07 Å². The van der Waals surface area contributed by atoms with Crippen LogP contribution < -0.4 is 4.90 Å². The Bertz CT molecular complexity index is 745. The summed E-state index contributed by atoms with van der Waals surface area (Å²) in [6.07, 6.45) is 1.41. The number of carbonyl (C=O) groups is 1. The van der Waals surface area contributed by atoms with E-state index in [-0.39, 0.29) is 11.7 Å². The van der Waals surface area contributed by atoms with Gasteiger partial charge in [-0.25, -0.2) is 9.48 Å². The molecule has 0 unspecified atom stereocenters. The number of hydrogen-bond donors (Lipinski definition) is 1. The molecule has 8 heteroatoms. The van der Waals surface area contributed by atoms with E-state index < -0.39 is 5.97 Å². The minimum Gasteiger partial charge on any atom is -0.476 e. The van der Waals surface area contributed by atoms with Gasteiger partial charge >= 0.3 is 5.97 Å². The Hall–Kier alpha value is -2.59. The molecule has 1 saturated heterocycles. The van der Waals surface area contributed by atoms with E-state index in [0.29, 0.717) is 23.7 Å². The molecule has 106 valence electrons. The second kappa shape index (κ2) is 5.07. The van der Waals surface area contributed by atoms with Crippen molar-refractivity contribution in [1.29, 1.82) is 5.26 Å². The quantitative estimate of drug-likeness (QED) is 0.924. The molecule has 3 rings (SSSR count). The van der Waals surface area contributed by atoms with Crippen molar-refractivity contribution in [3.63, 3.8) is 0 Å². The van der Waals surface area contributed by atoms with Crippen molar-refractivity contribution in [1.82, 2.24) is 15.0 Å². The maximum Gasteiger partial charge on any atom is 0.358 e. The number of benzene rings is 1. The standard InChI is InChI=1S/C13H10ClN5O2/c14-10-2-1-3-12(9(10)4-15)18-5-8(6-18)19-7-11(13(20)21)16-17-19/h1-3,7-8H,5-6H2,(H,20,21). The molecule has 1 aromatic heterocycles. The van der Waals surface area contributed by atoms with Crippen molar-refractivity contribution >= 4 is 23.3 Å². The Morgan fingerprint density at radius 3 is 2.86 bits per heavy atom. The Kier molecular flexibility index (Phi) is 3.23. The number of carboxylic acid groups (broad SMARTS) is 1. The second-order valence-electron chi connectivity index (χ2n) is 4.69. The lowest BCUT2D eigenvalue weighted by Gasteiger charge is -2.41. The lowest BCUT2D eigenvalue weighted by molar-refractivity contribution is 0.0690. The smallest absolute Gasteiger partial charge is 0.358 e. The predicted molar refractivity (Wildman–Crippen MR) is 74.4 cm³/mol. The summed E-state index contributed by atoms with van der Waals surface area (Å²) in [6, 6.07) is 7.45. The van der Waals surface area contributed by atoms with Crippen LogP contribution in [0.1, 0.15) is 22.1 Å². The van der Waals surface area contributed by atoms with Crippen LogP contribution in [0.2, 0.25) is 5.02 Å². The highest BCUT2D eigenvalue weighted by Gasteiger charge is 2.31. The molecule has 0 atom stereocenters. The van der Waals surface area contributed by atoms with Crippen LogP contribution in [0.3, 0.4) is 0 Å². The molecule has 7 nitrogen and oxygen atoms in total. The van der Waals surface area contributed by atoms with Gasteiger partial charge in [0.1, 0.15) is 6.07 Å². The van der Waals surface area contributed by atoms with E-state index >= 15 is 0 Å². The Labute approximate surface area is 125 Å². The molecule has 0 radical (unpaired) electrons. The summed E-state index contributed by atoms with van der Waals surface area (Å²) in [5, 5.41) is 25.8. The molecule has 1 N–H and O–H groups in total. The molecular weight excluding hydrogens is 294 g/mol. The van der Waals surface area contributed by atoms with E-state index in [2.05, 4.69) is 16.4 Å². The Morgan fingerprint density at radius 1 is 1.48 bits per heavy atom. The van der Waals surface area contributed by atoms with Gasteiger partial charge in [0.2, 0.25) is 0 Å². The SMILES string of the molecule is N#Cc1c(Cl)cccc1N1CC(n2cc(C(=O)O)nn2)C1. The third-order valence-electron chi connectivity index (χ3n) is 3.41. The first-order valence-electron chi connectivity index (χ1n) is 6.19. The molecule has 1 aromatic carbocycles. The number of rotatable bonds is 3. The minimum atomic E-state index is -1.10. The fourth-order valence-electron chi connectivity index (χ4n) is 2.26. The van der Waals surface area contributed by atoms with Crippen molar-refractivity contribution in [3.05, 3.63) is 40.7 Å². The monoisotopic (exact) mass is 303 g/mol. The number of aromatic carboxylic acids is 1. The molecule has 0 spiro atoms. The normalized spacial score (nSPS) is 14.6. The summed E-state index contributed by atoms with van der Waals surface area (Å²) in [5.74, 6) is -1.10. The first-order chi connectivity index (χ1) is 10.1. The van der Waals surface area contributed by atoms with Crippen molar-refractivity contribution in [2.45, 2.75) is 6.04 Å². The first-order valence-corrected chi connectivity index (χ1v) is 6.56. The second-order valence-corrected chi connectivity index (χ2v) is 5.10. The lowest BCUT2D eigenvalue weighted by Crippen LogP contribution is -2.48.